The highest BCUT2D eigenvalue weighted by atomic mass is 35.5. The van der Waals surface area contributed by atoms with E-state index in [4.69, 9.17) is 11.6 Å². The largest absolute Gasteiger partial charge is 0.320 e. The van der Waals surface area contributed by atoms with Crippen molar-refractivity contribution in [3.8, 4) is 0 Å². The minimum atomic E-state index is -0.561. The van der Waals surface area contributed by atoms with E-state index in [0.717, 1.165) is 0 Å². The number of carbonyl (C=O) groups is 1. The molecule has 1 amide bonds. The molecule has 80 valence electrons. The Kier molecular flexibility index (Phi) is 3.26. The monoisotopic (exact) mass is 228 g/mol. The summed E-state index contributed by atoms with van der Waals surface area (Å²) in [4.78, 5) is 21.0. The average Bonchev–Trinajstić information content (AvgIpc) is 2.12. The standard InChI is InChI=1S/C9H9ClN2O3/c1-5-7(10)3-4-8(12(14)15)9(5)11-6(2)13/h3-4H,1-2H3,(H,11,13). The number of hydrogen-bond acceptors (Lipinski definition) is 3. The molecule has 1 aromatic rings. The number of anilines is 1. The second kappa shape index (κ2) is 4.27. The van der Waals surface area contributed by atoms with Crippen LogP contribution in [0, 0.1) is 17.0 Å². The van der Waals surface area contributed by atoms with E-state index in [2.05, 4.69) is 5.32 Å². The fraction of sp³-hybridized carbons (Fsp3) is 0.222. The molecule has 0 unspecified atom stereocenters. The van der Waals surface area contributed by atoms with Crippen molar-refractivity contribution in [1.29, 1.82) is 0 Å². The SMILES string of the molecule is CC(=O)Nc1c([N+](=O)[O-])ccc(Cl)c1C. The normalized spacial score (nSPS) is 9.80. The molecule has 1 rings (SSSR count). The maximum atomic E-state index is 10.9. The van der Waals surface area contributed by atoms with Gasteiger partial charge in [0.25, 0.3) is 5.69 Å². The number of carbonyl (C=O) groups excluding carboxylic acids is 1. The summed E-state index contributed by atoms with van der Waals surface area (Å²) in [6, 6.07) is 2.70. The zero-order valence-electron chi connectivity index (χ0n) is 8.20. The quantitative estimate of drug-likeness (QED) is 0.624. The molecule has 5 nitrogen and oxygen atoms in total. The lowest BCUT2D eigenvalue weighted by molar-refractivity contribution is -0.384. The highest BCUT2D eigenvalue weighted by Crippen LogP contribution is 2.32. The summed E-state index contributed by atoms with van der Waals surface area (Å²) in [6.45, 7) is 2.89. The molecule has 0 fully saturated rings. The smallest absolute Gasteiger partial charge is 0.293 e. The van der Waals surface area contributed by atoms with Gasteiger partial charge >= 0.3 is 0 Å². The molecule has 0 aliphatic heterocycles. The van der Waals surface area contributed by atoms with Crippen LogP contribution in [0.2, 0.25) is 5.02 Å². The van der Waals surface area contributed by atoms with Crippen LogP contribution in [0.3, 0.4) is 0 Å². The fourth-order valence-electron chi connectivity index (χ4n) is 1.16. The van der Waals surface area contributed by atoms with Crippen LogP contribution >= 0.6 is 11.6 Å². The second-order valence-corrected chi connectivity index (χ2v) is 3.41. The van der Waals surface area contributed by atoms with Crippen molar-refractivity contribution in [3.05, 3.63) is 32.8 Å². The molecule has 0 aromatic heterocycles. The number of halogens is 1. The predicted molar refractivity (Wildman–Crippen MR) is 57.1 cm³/mol. The molecule has 0 saturated carbocycles. The van der Waals surface area contributed by atoms with Gasteiger partial charge in [-0.15, -0.1) is 0 Å². The van der Waals surface area contributed by atoms with Crippen LogP contribution < -0.4 is 5.32 Å². The van der Waals surface area contributed by atoms with Gasteiger partial charge < -0.3 is 5.32 Å². The molecule has 0 saturated heterocycles. The van der Waals surface area contributed by atoms with E-state index >= 15 is 0 Å². The summed E-state index contributed by atoms with van der Waals surface area (Å²) >= 11 is 5.80. The molecule has 1 N–H and O–H groups in total. The minimum absolute atomic E-state index is 0.153. The Bertz CT molecular complexity index is 432. The van der Waals surface area contributed by atoms with E-state index in [1.165, 1.54) is 19.1 Å². The van der Waals surface area contributed by atoms with Crippen LogP contribution in [-0.4, -0.2) is 10.8 Å². The van der Waals surface area contributed by atoms with Gasteiger partial charge in [0.2, 0.25) is 5.91 Å². The van der Waals surface area contributed by atoms with Gasteiger partial charge in [-0.1, -0.05) is 11.6 Å². The highest BCUT2D eigenvalue weighted by molar-refractivity contribution is 6.32. The minimum Gasteiger partial charge on any atom is -0.320 e. The maximum absolute atomic E-state index is 10.9. The zero-order valence-corrected chi connectivity index (χ0v) is 8.96. The van der Waals surface area contributed by atoms with Crippen molar-refractivity contribution >= 4 is 28.9 Å². The second-order valence-electron chi connectivity index (χ2n) is 3.00. The molecule has 0 bridgehead atoms. The first kappa shape index (κ1) is 11.5. The lowest BCUT2D eigenvalue weighted by Crippen LogP contribution is -2.09. The third kappa shape index (κ3) is 2.44. The Balaban J connectivity index is 3.34. The van der Waals surface area contributed by atoms with Crippen LogP contribution in [-0.2, 0) is 4.79 Å². The Labute approximate surface area is 91.2 Å². The summed E-state index contributed by atoms with van der Waals surface area (Å²) in [5.74, 6) is -0.372. The number of benzene rings is 1. The summed E-state index contributed by atoms with van der Waals surface area (Å²) in [6.07, 6.45) is 0. The van der Waals surface area contributed by atoms with Gasteiger partial charge in [0.15, 0.2) is 0 Å². The molecule has 0 aliphatic carbocycles. The van der Waals surface area contributed by atoms with Crippen molar-refractivity contribution in [1.82, 2.24) is 0 Å². The van der Waals surface area contributed by atoms with E-state index < -0.39 is 4.92 Å². The van der Waals surface area contributed by atoms with Crippen molar-refractivity contribution in [2.24, 2.45) is 0 Å². The van der Waals surface area contributed by atoms with Crippen LogP contribution in [0.15, 0.2) is 12.1 Å². The van der Waals surface area contributed by atoms with Crippen molar-refractivity contribution in [2.45, 2.75) is 13.8 Å². The lowest BCUT2D eigenvalue weighted by Gasteiger charge is -2.08. The first-order chi connectivity index (χ1) is 6.93. The van der Waals surface area contributed by atoms with E-state index in [1.54, 1.807) is 6.92 Å². The van der Waals surface area contributed by atoms with E-state index in [1.807, 2.05) is 0 Å². The van der Waals surface area contributed by atoms with Crippen molar-refractivity contribution < 1.29 is 9.72 Å². The molecule has 1 aromatic carbocycles. The maximum Gasteiger partial charge on any atom is 0.293 e. The Morgan fingerprint density at radius 1 is 1.53 bits per heavy atom. The van der Waals surface area contributed by atoms with Gasteiger partial charge in [-0.25, -0.2) is 0 Å². The summed E-state index contributed by atoms with van der Waals surface area (Å²) in [7, 11) is 0. The number of rotatable bonds is 2. The third-order valence-electron chi connectivity index (χ3n) is 1.87. The first-order valence-corrected chi connectivity index (χ1v) is 4.52. The van der Waals surface area contributed by atoms with Crippen LogP contribution in [0.4, 0.5) is 11.4 Å². The Morgan fingerprint density at radius 3 is 2.60 bits per heavy atom. The number of amides is 1. The molecule has 0 aliphatic rings. The first-order valence-electron chi connectivity index (χ1n) is 4.14. The summed E-state index contributed by atoms with van der Waals surface area (Å²) < 4.78 is 0. The molecular formula is C9H9ClN2O3. The lowest BCUT2D eigenvalue weighted by atomic mass is 10.1. The van der Waals surface area contributed by atoms with Gasteiger partial charge in [-0.3, -0.25) is 14.9 Å². The number of nitrogens with zero attached hydrogens (tertiary/aromatic N) is 1. The average molecular weight is 229 g/mol. The van der Waals surface area contributed by atoms with Gasteiger partial charge in [-0.05, 0) is 18.6 Å². The van der Waals surface area contributed by atoms with E-state index in [0.29, 0.717) is 10.6 Å². The number of hydrogen-bond donors (Lipinski definition) is 1. The molecule has 0 atom stereocenters. The van der Waals surface area contributed by atoms with Gasteiger partial charge in [0, 0.05) is 18.0 Å². The number of nitro benzene ring substituents is 1. The van der Waals surface area contributed by atoms with Gasteiger partial charge in [0.1, 0.15) is 5.69 Å². The fourth-order valence-corrected chi connectivity index (χ4v) is 1.32. The van der Waals surface area contributed by atoms with Gasteiger partial charge in [0.05, 0.1) is 4.92 Å². The van der Waals surface area contributed by atoms with Gasteiger partial charge in [-0.2, -0.15) is 0 Å². The van der Waals surface area contributed by atoms with E-state index in [-0.39, 0.29) is 17.3 Å². The summed E-state index contributed by atoms with van der Waals surface area (Å²) in [5.41, 5.74) is 0.480. The topological polar surface area (TPSA) is 72.2 Å². The molecule has 0 heterocycles. The zero-order chi connectivity index (χ0) is 11.6. The molecule has 0 radical (unpaired) electrons. The molecular weight excluding hydrogens is 220 g/mol. The summed E-state index contributed by atoms with van der Waals surface area (Å²) in [5, 5.41) is 13.5. The van der Waals surface area contributed by atoms with Crippen LogP contribution in [0.25, 0.3) is 0 Å². The Morgan fingerprint density at radius 2 is 2.13 bits per heavy atom. The van der Waals surface area contributed by atoms with Crippen molar-refractivity contribution in [2.75, 3.05) is 5.32 Å². The van der Waals surface area contributed by atoms with E-state index in [9.17, 15) is 14.9 Å². The molecule has 15 heavy (non-hydrogen) atoms. The van der Waals surface area contributed by atoms with Crippen molar-refractivity contribution in [3.63, 3.8) is 0 Å². The number of nitrogens with one attached hydrogen (secondary N) is 1. The van der Waals surface area contributed by atoms with Crippen LogP contribution in [0.1, 0.15) is 12.5 Å². The number of nitro groups is 1. The molecule has 0 spiro atoms. The molecule has 6 heteroatoms. The predicted octanol–water partition coefficient (Wildman–Crippen LogP) is 2.52. The Hall–Kier alpha value is -1.62. The van der Waals surface area contributed by atoms with Crippen LogP contribution in [0.5, 0.6) is 0 Å². The third-order valence-corrected chi connectivity index (χ3v) is 2.28. The highest BCUT2D eigenvalue weighted by Gasteiger charge is 2.18.